The third-order valence-corrected chi connectivity index (χ3v) is 1.89. The van der Waals surface area contributed by atoms with Crippen molar-refractivity contribution in [2.75, 3.05) is 6.61 Å². The van der Waals surface area contributed by atoms with E-state index in [-0.39, 0.29) is 23.7 Å². The zero-order valence-electron chi connectivity index (χ0n) is 7.40. The first-order valence-corrected chi connectivity index (χ1v) is 4.10. The van der Waals surface area contributed by atoms with Crippen LogP contribution in [0.1, 0.15) is 17.3 Å². The topological polar surface area (TPSA) is 57.5 Å². The summed E-state index contributed by atoms with van der Waals surface area (Å²) in [6, 6.07) is 6.33. The van der Waals surface area contributed by atoms with Crippen molar-refractivity contribution in [3.63, 3.8) is 0 Å². The molecule has 0 aromatic heterocycles. The molecule has 3 nitrogen and oxygen atoms in total. The predicted molar refractivity (Wildman–Crippen MR) is 48.7 cm³/mol. The van der Waals surface area contributed by atoms with E-state index in [0.29, 0.717) is 0 Å². The fourth-order valence-electron chi connectivity index (χ4n) is 1.03. The quantitative estimate of drug-likeness (QED) is 0.687. The van der Waals surface area contributed by atoms with Gasteiger partial charge in [-0.05, 0) is 12.1 Å². The van der Waals surface area contributed by atoms with Crippen LogP contribution in [0.3, 0.4) is 0 Å². The van der Waals surface area contributed by atoms with Gasteiger partial charge in [-0.1, -0.05) is 19.1 Å². The van der Waals surface area contributed by atoms with E-state index >= 15 is 0 Å². The molecule has 0 saturated heterocycles. The van der Waals surface area contributed by atoms with Gasteiger partial charge in [0.2, 0.25) is 0 Å². The van der Waals surface area contributed by atoms with Crippen molar-refractivity contribution < 1.29 is 15.0 Å². The van der Waals surface area contributed by atoms with Gasteiger partial charge in [-0.15, -0.1) is 0 Å². The number of aromatic hydroxyl groups is 1. The molecule has 0 aliphatic rings. The van der Waals surface area contributed by atoms with Gasteiger partial charge in [0.15, 0.2) is 5.78 Å². The van der Waals surface area contributed by atoms with E-state index in [1.54, 1.807) is 25.1 Å². The van der Waals surface area contributed by atoms with Gasteiger partial charge in [0.05, 0.1) is 12.2 Å². The summed E-state index contributed by atoms with van der Waals surface area (Å²) in [5, 5.41) is 18.1. The highest BCUT2D eigenvalue weighted by Crippen LogP contribution is 2.19. The molecule has 3 heteroatoms. The van der Waals surface area contributed by atoms with E-state index in [9.17, 15) is 9.90 Å². The summed E-state index contributed by atoms with van der Waals surface area (Å²) in [5.74, 6) is -0.735. The first-order chi connectivity index (χ1) is 6.16. The van der Waals surface area contributed by atoms with Crippen LogP contribution in [0.5, 0.6) is 5.75 Å². The van der Waals surface area contributed by atoms with Crippen molar-refractivity contribution in [3.05, 3.63) is 29.8 Å². The number of rotatable bonds is 3. The molecular formula is C10H12O3. The Morgan fingerprint density at radius 3 is 2.62 bits per heavy atom. The van der Waals surface area contributed by atoms with E-state index in [0.717, 1.165) is 0 Å². The highest BCUT2D eigenvalue weighted by atomic mass is 16.3. The van der Waals surface area contributed by atoms with E-state index in [1.807, 2.05) is 0 Å². The second-order valence-corrected chi connectivity index (χ2v) is 2.97. The molecule has 13 heavy (non-hydrogen) atoms. The SMILES string of the molecule is CC(CO)C(=O)c1ccccc1O. The average molecular weight is 180 g/mol. The number of carbonyl (C=O) groups is 1. The number of hydrogen-bond donors (Lipinski definition) is 2. The fraction of sp³-hybridized carbons (Fsp3) is 0.300. The number of Topliss-reactive ketones (excluding diaryl/α,β-unsaturated/α-hetero) is 1. The molecule has 0 spiro atoms. The molecule has 0 fully saturated rings. The normalized spacial score (nSPS) is 12.5. The van der Waals surface area contributed by atoms with Crippen LogP contribution in [-0.4, -0.2) is 22.6 Å². The third-order valence-electron chi connectivity index (χ3n) is 1.89. The molecule has 70 valence electrons. The van der Waals surface area contributed by atoms with Crippen molar-refractivity contribution in [1.82, 2.24) is 0 Å². The Morgan fingerprint density at radius 1 is 1.46 bits per heavy atom. The van der Waals surface area contributed by atoms with Gasteiger partial charge in [0, 0.05) is 5.92 Å². The van der Waals surface area contributed by atoms with Crippen molar-refractivity contribution in [2.45, 2.75) is 6.92 Å². The summed E-state index contributed by atoms with van der Waals surface area (Å²) < 4.78 is 0. The van der Waals surface area contributed by atoms with E-state index in [2.05, 4.69) is 0 Å². The number of benzene rings is 1. The zero-order valence-corrected chi connectivity index (χ0v) is 7.40. The lowest BCUT2D eigenvalue weighted by Crippen LogP contribution is -2.14. The molecule has 0 amide bonds. The lowest BCUT2D eigenvalue weighted by Gasteiger charge is -2.07. The molecule has 1 unspecified atom stereocenters. The monoisotopic (exact) mass is 180 g/mol. The van der Waals surface area contributed by atoms with E-state index in [1.165, 1.54) is 6.07 Å². The number of carbonyl (C=O) groups excluding carboxylic acids is 1. The van der Waals surface area contributed by atoms with Crippen LogP contribution in [0.4, 0.5) is 0 Å². The fourth-order valence-corrected chi connectivity index (χ4v) is 1.03. The number of phenols is 1. The maximum absolute atomic E-state index is 11.5. The molecule has 1 aromatic rings. The molecule has 0 aliphatic carbocycles. The minimum absolute atomic E-state index is 0.0344. The van der Waals surface area contributed by atoms with Crippen molar-refractivity contribution in [1.29, 1.82) is 0 Å². The number of aliphatic hydroxyl groups excluding tert-OH is 1. The smallest absolute Gasteiger partial charge is 0.171 e. The Bertz CT molecular complexity index is 307. The Labute approximate surface area is 76.6 Å². The summed E-state index contributed by atoms with van der Waals surface area (Å²) in [7, 11) is 0. The molecule has 0 radical (unpaired) electrons. The van der Waals surface area contributed by atoms with Crippen LogP contribution < -0.4 is 0 Å². The van der Waals surface area contributed by atoms with Gasteiger partial charge in [-0.3, -0.25) is 4.79 Å². The molecule has 1 atom stereocenters. The largest absolute Gasteiger partial charge is 0.507 e. The van der Waals surface area contributed by atoms with Crippen LogP contribution >= 0.6 is 0 Å². The Hall–Kier alpha value is -1.35. The molecule has 0 saturated carbocycles. The highest BCUT2D eigenvalue weighted by Gasteiger charge is 2.16. The average Bonchev–Trinajstić information content (AvgIpc) is 2.16. The number of para-hydroxylation sites is 1. The Balaban J connectivity index is 2.95. The summed E-state index contributed by atoms with van der Waals surface area (Å²) in [6.45, 7) is 1.42. The van der Waals surface area contributed by atoms with Gasteiger partial charge >= 0.3 is 0 Å². The van der Waals surface area contributed by atoms with Gasteiger partial charge < -0.3 is 10.2 Å². The van der Waals surface area contributed by atoms with Crippen molar-refractivity contribution >= 4 is 5.78 Å². The van der Waals surface area contributed by atoms with Crippen LogP contribution in [-0.2, 0) is 0 Å². The molecule has 1 rings (SSSR count). The first-order valence-electron chi connectivity index (χ1n) is 4.10. The number of ketones is 1. The maximum atomic E-state index is 11.5. The predicted octanol–water partition coefficient (Wildman–Crippen LogP) is 1.20. The molecule has 2 N–H and O–H groups in total. The lowest BCUT2D eigenvalue weighted by molar-refractivity contribution is 0.0875. The van der Waals surface area contributed by atoms with Gasteiger partial charge in [-0.25, -0.2) is 0 Å². The number of hydrogen-bond acceptors (Lipinski definition) is 3. The van der Waals surface area contributed by atoms with Gasteiger partial charge in [0.1, 0.15) is 5.75 Å². The third kappa shape index (κ3) is 2.06. The molecular weight excluding hydrogens is 168 g/mol. The van der Waals surface area contributed by atoms with E-state index < -0.39 is 5.92 Å². The van der Waals surface area contributed by atoms with Crippen molar-refractivity contribution in [3.8, 4) is 5.75 Å². The Kier molecular flexibility index (Phi) is 3.03. The minimum atomic E-state index is -0.465. The highest BCUT2D eigenvalue weighted by molar-refractivity contribution is 6.00. The summed E-state index contributed by atoms with van der Waals surface area (Å²) in [4.78, 5) is 11.5. The van der Waals surface area contributed by atoms with Crippen LogP contribution in [0.2, 0.25) is 0 Å². The van der Waals surface area contributed by atoms with E-state index in [4.69, 9.17) is 5.11 Å². The Morgan fingerprint density at radius 2 is 2.08 bits per heavy atom. The van der Waals surface area contributed by atoms with Crippen LogP contribution in [0, 0.1) is 5.92 Å². The molecule has 1 aromatic carbocycles. The molecule has 0 heterocycles. The number of aliphatic hydroxyl groups is 1. The number of phenolic OH excluding ortho intramolecular Hbond substituents is 1. The van der Waals surface area contributed by atoms with Gasteiger partial charge in [0.25, 0.3) is 0 Å². The lowest BCUT2D eigenvalue weighted by atomic mass is 9.99. The molecule has 0 bridgehead atoms. The van der Waals surface area contributed by atoms with Crippen LogP contribution in [0.25, 0.3) is 0 Å². The maximum Gasteiger partial charge on any atom is 0.171 e. The van der Waals surface area contributed by atoms with Crippen LogP contribution in [0.15, 0.2) is 24.3 Å². The van der Waals surface area contributed by atoms with Crippen molar-refractivity contribution in [2.24, 2.45) is 5.92 Å². The minimum Gasteiger partial charge on any atom is -0.507 e. The standard InChI is InChI=1S/C10H12O3/c1-7(6-11)10(13)8-4-2-3-5-9(8)12/h2-5,7,11-12H,6H2,1H3. The second-order valence-electron chi connectivity index (χ2n) is 2.97. The van der Waals surface area contributed by atoms with Gasteiger partial charge in [-0.2, -0.15) is 0 Å². The first kappa shape index (κ1) is 9.74. The second kappa shape index (κ2) is 4.05. The summed E-state index contributed by atoms with van der Waals surface area (Å²) in [6.07, 6.45) is 0. The molecule has 0 aliphatic heterocycles. The zero-order chi connectivity index (χ0) is 9.84. The summed E-state index contributed by atoms with van der Waals surface area (Å²) >= 11 is 0. The summed E-state index contributed by atoms with van der Waals surface area (Å²) in [5.41, 5.74) is 0.268.